The zero-order valence-corrected chi connectivity index (χ0v) is 17.5. The molecule has 1 atom stereocenters. The van der Waals surface area contributed by atoms with Crippen molar-refractivity contribution in [2.75, 3.05) is 13.7 Å². The molecule has 0 fully saturated rings. The lowest BCUT2D eigenvalue weighted by atomic mass is 9.83. The summed E-state index contributed by atoms with van der Waals surface area (Å²) in [5.74, 6) is -0.265. The molecule has 1 aliphatic rings. The Labute approximate surface area is 167 Å². The minimum atomic E-state index is -0.615. The Bertz CT molecular complexity index is 735. The van der Waals surface area contributed by atoms with E-state index in [0.717, 1.165) is 36.0 Å². The molecule has 1 unspecified atom stereocenters. The molecule has 0 spiro atoms. The number of ketones is 1. The van der Waals surface area contributed by atoms with Gasteiger partial charge in [-0.1, -0.05) is 18.2 Å². The molecule has 1 aromatic rings. The number of benzene rings is 1. The van der Waals surface area contributed by atoms with Gasteiger partial charge in [-0.3, -0.25) is 9.59 Å². The number of hydrogen-bond donors (Lipinski definition) is 0. The Morgan fingerprint density at radius 1 is 1.21 bits per heavy atom. The molecule has 0 saturated carbocycles. The Morgan fingerprint density at radius 3 is 2.54 bits per heavy atom. The first kappa shape index (κ1) is 21.9. The van der Waals surface area contributed by atoms with Gasteiger partial charge < -0.3 is 14.4 Å². The van der Waals surface area contributed by atoms with Crippen molar-refractivity contribution in [2.24, 2.45) is 0 Å². The predicted molar refractivity (Wildman–Crippen MR) is 106 cm³/mol. The highest BCUT2D eigenvalue weighted by Crippen LogP contribution is 2.37. The van der Waals surface area contributed by atoms with Crippen molar-refractivity contribution in [3.8, 4) is 0 Å². The van der Waals surface area contributed by atoms with Crippen LogP contribution in [0.15, 0.2) is 18.2 Å². The molecule has 0 heterocycles. The quantitative estimate of drug-likeness (QED) is 0.531. The van der Waals surface area contributed by atoms with Crippen molar-refractivity contribution < 1.29 is 23.9 Å². The Balaban J connectivity index is 2.33. The number of ether oxygens (including phenoxy) is 2. The van der Waals surface area contributed by atoms with Crippen LogP contribution in [0.4, 0.5) is 4.79 Å². The fourth-order valence-corrected chi connectivity index (χ4v) is 3.67. The van der Waals surface area contributed by atoms with Gasteiger partial charge in [0.05, 0.1) is 13.2 Å². The molecular weight excluding hydrogens is 358 g/mol. The number of carbonyl (C=O) groups excluding carboxylic acids is 3. The van der Waals surface area contributed by atoms with Crippen LogP contribution in [0.3, 0.4) is 0 Å². The molecule has 1 aromatic carbocycles. The van der Waals surface area contributed by atoms with Crippen molar-refractivity contribution >= 4 is 17.8 Å². The third-order valence-corrected chi connectivity index (χ3v) is 4.87. The Kier molecular flexibility index (Phi) is 7.22. The zero-order chi connectivity index (χ0) is 20.9. The van der Waals surface area contributed by atoms with Crippen LogP contribution < -0.4 is 0 Å². The Morgan fingerprint density at radius 2 is 1.93 bits per heavy atom. The average molecular weight is 389 g/mol. The molecule has 6 heteroatoms. The fraction of sp³-hybridized carbons (Fsp3) is 0.591. The number of methoxy groups -OCH3 is 1. The third-order valence-electron chi connectivity index (χ3n) is 4.87. The van der Waals surface area contributed by atoms with Gasteiger partial charge in [0.2, 0.25) is 0 Å². The molecule has 154 valence electrons. The summed E-state index contributed by atoms with van der Waals surface area (Å²) in [5.41, 5.74) is 2.13. The summed E-state index contributed by atoms with van der Waals surface area (Å²) in [5, 5.41) is 0. The Hall–Kier alpha value is -2.37. The number of fused-ring (bicyclic) bond motifs is 1. The van der Waals surface area contributed by atoms with Crippen LogP contribution >= 0.6 is 0 Å². The summed E-state index contributed by atoms with van der Waals surface area (Å²) in [6, 6.07) is 5.54. The zero-order valence-electron chi connectivity index (χ0n) is 17.5. The van der Waals surface area contributed by atoms with Crippen molar-refractivity contribution in [2.45, 2.75) is 71.4 Å². The van der Waals surface area contributed by atoms with Gasteiger partial charge in [-0.2, -0.15) is 0 Å². The summed E-state index contributed by atoms with van der Waals surface area (Å²) in [7, 11) is 1.36. The second-order valence-corrected chi connectivity index (χ2v) is 8.19. The summed E-state index contributed by atoms with van der Waals surface area (Å²) in [4.78, 5) is 38.2. The topological polar surface area (TPSA) is 72.9 Å². The molecule has 0 bridgehead atoms. The van der Waals surface area contributed by atoms with Gasteiger partial charge in [0.25, 0.3) is 0 Å². The van der Waals surface area contributed by atoms with E-state index in [2.05, 4.69) is 0 Å². The van der Waals surface area contributed by atoms with Crippen LogP contribution in [0.2, 0.25) is 0 Å². The second-order valence-electron chi connectivity index (χ2n) is 8.19. The minimum absolute atomic E-state index is 0.0343. The lowest BCUT2D eigenvalue weighted by Gasteiger charge is -2.37. The van der Waals surface area contributed by atoms with Crippen molar-refractivity contribution in [3.63, 3.8) is 0 Å². The van der Waals surface area contributed by atoms with Gasteiger partial charge in [0.1, 0.15) is 5.60 Å². The summed E-state index contributed by atoms with van der Waals surface area (Å²) >= 11 is 0. The smallest absolute Gasteiger partial charge is 0.410 e. The van der Waals surface area contributed by atoms with E-state index < -0.39 is 11.7 Å². The van der Waals surface area contributed by atoms with E-state index in [1.165, 1.54) is 7.11 Å². The lowest BCUT2D eigenvalue weighted by Crippen LogP contribution is -2.41. The van der Waals surface area contributed by atoms with Crippen LogP contribution in [-0.4, -0.2) is 42.0 Å². The molecule has 0 aliphatic heterocycles. The van der Waals surface area contributed by atoms with Gasteiger partial charge in [0.15, 0.2) is 5.78 Å². The number of nitrogens with zero attached hydrogens (tertiary/aromatic N) is 1. The first-order chi connectivity index (χ1) is 13.1. The van der Waals surface area contributed by atoms with Gasteiger partial charge in [-0.15, -0.1) is 0 Å². The number of Topliss-reactive ketones (excluding diaryl/α,β-unsaturated/α-hetero) is 1. The maximum absolute atomic E-state index is 13.0. The maximum Gasteiger partial charge on any atom is 0.410 e. The molecule has 1 aliphatic carbocycles. The molecule has 28 heavy (non-hydrogen) atoms. The van der Waals surface area contributed by atoms with Crippen LogP contribution in [0, 0.1) is 0 Å². The predicted octanol–water partition coefficient (Wildman–Crippen LogP) is 4.46. The number of carbonyl (C=O) groups is 3. The lowest BCUT2D eigenvalue weighted by molar-refractivity contribution is -0.140. The molecule has 0 N–H and O–H groups in total. The van der Waals surface area contributed by atoms with Crippen LogP contribution in [0.1, 0.15) is 80.9 Å². The second kappa shape index (κ2) is 9.22. The van der Waals surface area contributed by atoms with Gasteiger partial charge in [-0.05, 0) is 64.5 Å². The molecule has 2 rings (SSSR count). The standard InChI is InChI=1S/C22H31NO5/c1-15(24)16-9-6-11-18-17(16)10-7-12-19(18)23(14-8-13-20(25)27-5)21(26)28-22(2,3)4/h6,9,11,19H,7-8,10,12-14H2,1-5H3. The van der Waals surface area contributed by atoms with E-state index in [9.17, 15) is 14.4 Å². The normalized spacial score (nSPS) is 16.1. The van der Waals surface area contributed by atoms with Crippen LogP contribution in [0.25, 0.3) is 0 Å². The molecule has 0 aromatic heterocycles. The maximum atomic E-state index is 13.0. The largest absolute Gasteiger partial charge is 0.469 e. The first-order valence-corrected chi connectivity index (χ1v) is 9.83. The summed E-state index contributed by atoms with van der Waals surface area (Å²) in [6.45, 7) is 7.46. The van der Waals surface area contributed by atoms with Gasteiger partial charge >= 0.3 is 12.1 Å². The van der Waals surface area contributed by atoms with E-state index in [0.29, 0.717) is 13.0 Å². The number of esters is 1. The average Bonchev–Trinajstić information content (AvgIpc) is 2.62. The molecule has 6 nitrogen and oxygen atoms in total. The van der Waals surface area contributed by atoms with Gasteiger partial charge in [-0.25, -0.2) is 4.79 Å². The van der Waals surface area contributed by atoms with E-state index in [4.69, 9.17) is 9.47 Å². The fourth-order valence-electron chi connectivity index (χ4n) is 3.67. The van der Waals surface area contributed by atoms with Gasteiger partial charge in [0, 0.05) is 18.5 Å². The molecule has 0 saturated heterocycles. The molecular formula is C22H31NO5. The highest BCUT2D eigenvalue weighted by Gasteiger charge is 2.33. The van der Waals surface area contributed by atoms with E-state index >= 15 is 0 Å². The molecule has 0 radical (unpaired) electrons. The van der Waals surface area contributed by atoms with Crippen LogP contribution in [-0.2, 0) is 20.7 Å². The number of rotatable bonds is 6. The summed E-state index contributed by atoms with van der Waals surface area (Å²) in [6.07, 6.45) is 2.84. The van der Waals surface area contributed by atoms with E-state index in [1.807, 2.05) is 39.0 Å². The van der Waals surface area contributed by atoms with E-state index in [1.54, 1.807) is 11.8 Å². The highest BCUT2D eigenvalue weighted by atomic mass is 16.6. The molecule has 1 amide bonds. The highest BCUT2D eigenvalue weighted by molar-refractivity contribution is 5.96. The first-order valence-electron chi connectivity index (χ1n) is 9.83. The van der Waals surface area contributed by atoms with Crippen molar-refractivity contribution in [3.05, 3.63) is 34.9 Å². The third kappa shape index (κ3) is 5.57. The number of amides is 1. The van der Waals surface area contributed by atoms with Crippen molar-refractivity contribution in [1.82, 2.24) is 4.90 Å². The van der Waals surface area contributed by atoms with E-state index in [-0.39, 0.29) is 24.2 Å². The SMILES string of the molecule is COC(=O)CCCN(C(=O)OC(C)(C)C)C1CCCc2c(C(C)=O)cccc21. The summed E-state index contributed by atoms with van der Waals surface area (Å²) < 4.78 is 10.3. The van der Waals surface area contributed by atoms with Crippen LogP contribution in [0.5, 0.6) is 0 Å². The number of hydrogen-bond acceptors (Lipinski definition) is 5. The monoisotopic (exact) mass is 389 g/mol. The van der Waals surface area contributed by atoms with Crippen molar-refractivity contribution in [1.29, 1.82) is 0 Å². The minimum Gasteiger partial charge on any atom is -0.469 e.